The van der Waals surface area contributed by atoms with E-state index < -0.39 is 11.2 Å². The first-order chi connectivity index (χ1) is 9.52. The molecule has 6 heteroatoms. The fourth-order valence-corrected chi connectivity index (χ4v) is 1.80. The first-order valence-electron chi connectivity index (χ1n) is 6.05. The van der Waals surface area contributed by atoms with E-state index in [1.165, 1.54) is 20.3 Å². The Bertz CT molecular complexity index is 758. The third kappa shape index (κ3) is 2.54. The monoisotopic (exact) mass is 273 g/mol. The Labute approximate surface area is 115 Å². The summed E-state index contributed by atoms with van der Waals surface area (Å²) in [5.74, 6) is -0.380. The number of hydrogen-bond donors (Lipinski definition) is 1. The van der Waals surface area contributed by atoms with Crippen molar-refractivity contribution in [3.63, 3.8) is 0 Å². The van der Waals surface area contributed by atoms with Crippen molar-refractivity contribution in [3.8, 4) is 5.88 Å². The van der Waals surface area contributed by atoms with Crippen LogP contribution in [0.5, 0.6) is 5.88 Å². The van der Waals surface area contributed by atoms with Crippen LogP contribution in [0.25, 0.3) is 0 Å². The average Bonchev–Trinajstić information content (AvgIpc) is 2.48. The van der Waals surface area contributed by atoms with Crippen molar-refractivity contribution in [1.29, 1.82) is 0 Å². The van der Waals surface area contributed by atoms with Crippen LogP contribution in [0.1, 0.15) is 11.1 Å². The van der Waals surface area contributed by atoms with Gasteiger partial charge in [-0.1, -0.05) is 30.3 Å². The Hall–Kier alpha value is -2.63. The molecule has 0 radical (unpaired) electrons. The van der Waals surface area contributed by atoms with Gasteiger partial charge in [0.2, 0.25) is 5.88 Å². The fraction of sp³-hybridized carbons (Fsp3) is 0.214. The number of rotatable bonds is 3. The molecule has 0 atom stereocenters. The zero-order valence-electron chi connectivity index (χ0n) is 11.3. The van der Waals surface area contributed by atoms with Crippen LogP contribution in [0, 0.1) is 0 Å². The van der Waals surface area contributed by atoms with Gasteiger partial charge in [0.05, 0.1) is 6.54 Å². The minimum atomic E-state index is -0.576. The third-order valence-corrected chi connectivity index (χ3v) is 3.00. The van der Waals surface area contributed by atoms with E-state index in [9.17, 15) is 14.7 Å². The second-order valence-corrected chi connectivity index (χ2v) is 4.40. The van der Waals surface area contributed by atoms with Crippen molar-refractivity contribution in [3.05, 3.63) is 62.3 Å². The van der Waals surface area contributed by atoms with E-state index >= 15 is 0 Å². The summed E-state index contributed by atoms with van der Waals surface area (Å²) < 4.78 is 1.94. The molecule has 2 aromatic rings. The Morgan fingerprint density at radius 2 is 1.80 bits per heavy atom. The molecule has 6 nitrogen and oxygen atoms in total. The van der Waals surface area contributed by atoms with Gasteiger partial charge in [-0.05, 0) is 5.56 Å². The molecule has 1 N–H and O–H groups in total. The van der Waals surface area contributed by atoms with E-state index in [1.807, 2.05) is 30.3 Å². The molecule has 0 spiro atoms. The van der Waals surface area contributed by atoms with Crippen LogP contribution in [0.2, 0.25) is 0 Å². The number of hydrogen-bond acceptors (Lipinski definition) is 4. The Morgan fingerprint density at radius 1 is 1.15 bits per heavy atom. The molecule has 1 aromatic carbocycles. The predicted octanol–water partition coefficient (Wildman–Crippen LogP) is 0.409. The molecule has 20 heavy (non-hydrogen) atoms. The number of aromatic hydroxyl groups is 1. The van der Waals surface area contributed by atoms with E-state index in [-0.39, 0.29) is 11.4 Å². The molecule has 0 saturated heterocycles. The minimum absolute atomic E-state index is 0.00512. The lowest BCUT2D eigenvalue weighted by Crippen LogP contribution is -2.38. The zero-order chi connectivity index (χ0) is 14.7. The highest BCUT2D eigenvalue weighted by molar-refractivity contribution is 5.81. The van der Waals surface area contributed by atoms with Gasteiger partial charge in [0, 0.05) is 20.3 Å². The van der Waals surface area contributed by atoms with Gasteiger partial charge in [0.15, 0.2) is 0 Å². The smallest absolute Gasteiger partial charge is 0.333 e. The van der Waals surface area contributed by atoms with Gasteiger partial charge in [-0.3, -0.25) is 18.9 Å². The average molecular weight is 273 g/mol. The predicted molar refractivity (Wildman–Crippen MR) is 76.3 cm³/mol. The molecule has 0 aliphatic heterocycles. The zero-order valence-corrected chi connectivity index (χ0v) is 11.3. The topological polar surface area (TPSA) is 76.6 Å². The molecule has 0 bridgehead atoms. The lowest BCUT2D eigenvalue weighted by atomic mass is 10.2. The van der Waals surface area contributed by atoms with Crippen molar-refractivity contribution in [2.45, 2.75) is 6.54 Å². The number of aromatic nitrogens is 2. The van der Waals surface area contributed by atoms with Crippen molar-refractivity contribution in [1.82, 2.24) is 9.13 Å². The highest BCUT2D eigenvalue weighted by atomic mass is 16.3. The summed E-state index contributed by atoms with van der Waals surface area (Å²) in [7, 11) is 2.75. The Kier molecular flexibility index (Phi) is 3.84. The largest absolute Gasteiger partial charge is 0.494 e. The van der Waals surface area contributed by atoms with Crippen LogP contribution in [0.3, 0.4) is 0 Å². The van der Waals surface area contributed by atoms with Crippen molar-refractivity contribution in [2.75, 3.05) is 0 Å². The highest BCUT2D eigenvalue weighted by Gasteiger charge is 2.12. The molecule has 1 aromatic heterocycles. The fourth-order valence-electron chi connectivity index (χ4n) is 1.80. The molecule has 0 unspecified atom stereocenters. The van der Waals surface area contributed by atoms with Crippen molar-refractivity contribution < 1.29 is 5.11 Å². The third-order valence-electron chi connectivity index (χ3n) is 3.00. The maximum Gasteiger partial charge on any atom is 0.333 e. The molecule has 2 rings (SSSR count). The number of benzene rings is 1. The molecule has 0 aliphatic rings. The maximum atomic E-state index is 11.9. The normalized spacial score (nSPS) is 11.1. The lowest BCUT2D eigenvalue weighted by Gasteiger charge is -2.06. The van der Waals surface area contributed by atoms with E-state index in [0.29, 0.717) is 6.54 Å². The molecule has 104 valence electrons. The van der Waals surface area contributed by atoms with Crippen LogP contribution in [-0.4, -0.2) is 20.5 Å². The van der Waals surface area contributed by atoms with Gasteiger partial charge >= 0.3 is 5.69 Å². The van der Waals surface area contributed by atoms with Crippen LogP contribution < -0.4 is 11.2 Å². The standard InChI is InChI=1S/C14H15N3O3/c1-16-12(18)11(13(19)17(2)14(16)20)9-15-8-10-6-4-3-5-7-10/h3-7,9,18H,8H2,1-2H3. The van der Waals surface area contributed by atoms with Crippen LogP contribution in [0.4, 0.5) is 0 Å². The summed E-state index contributed by atoms with van der Waals surface area (Å²) in [6.07, 6.45) is 1.30. The van der Waals surface area contributed by atoms with Crippen LogP contribution >= 0.6 is 0 Å². The summed E-state index contributed by atoms with van der Waals surface area (Å²) in [5.41, 5.74) is -0.148. The maximum absolute atomic E-state index is 11.9. The summed E-state index contributed by atoms with van der Waals surface area (Å²) in [6.45, 7) is 0.395. The van der Waals surface area contributed by atoms with Gasteiger partial charge < -0.3 is 5.11 Å². The molecule has 0 amide bonds. The van der Waals surface area contributed by atoms with E-state index in [1.54, 1.807) is 0 Å². The van der Waals surface area contributed by atoms with E-state index in [0.717, 1.165) is 14.7 Å². The van der Waals surface area contributed by atoms with Gasteiger partial charge in [0.25, 0.3) is 5.56 Å². The Balaban J connectivity index is 2.35. The summed E-state index contributed by atoms with van der Waals surface area (Å²) in [4.78, 5) is 27.6. The van der Waals surface area contributed by atoms with Crippen LogP contribution in [0.15, 0.2) is 44.9 Å². The SMILES string of the molecule is Cn1c(O)c(C=NCc2ccccc2)c(=O)n(C)c1=O. The van der Waals surface area contributed by atoms with Gasteiger partial charge in [-0.25, -0.2) is 4.79 Å². The first kappa shape index (κ1) is 13.8. The number of aliphatic imine (C=N–C) groups is 1. The molecule has 0 aliphatic carbocycles. The van der Waals surface area contributed by atoms with Crippen LogP contribution in [-0.2, 0) is 20.6 Å². The quantitative estimate of drug-likeness (QED) is 0.823. The van der Waals surface area contributed by atoms with E-state index in [2.05, 4.69) is 4.99 Å². The van der Waals surface area contributed by atoms with Gasteiger partial charge in [-0.2, -0.15) is 0 Å². The minimum Gasteiger partial charge on any atom is -0.494 e. The lowest BCUT2D eigenvalue weighted by molar-refractivity contribution is 0.410. The van der Waals surface area contributed by atoms with Gasteiger partial charge in [-0.15, -0.1) is 0 Å². The summed E-state index contributed by atoms with van der Waals surface area (Å²) in [6, 6.07) is 9.52. The van der Waals surface area contributed by atoms with Crippen molar-refractivity contribution >= 4 is 6.21 Å². The summed E-state index contributed by atoms with van der Waals surface area (Å²) >= 11 is 0. The molecular formula is C14H15N3O3. The molecular weight excluding hydrogens is 258 g/mol. The van der Waals surface area contributed by atoms with Crippen molar-refractivity contribution in [2.24, 2.45) is 19.1 Å². The molecule has 0 saturated carbocycles. The summed E-state index contributed by atoms with van der Waals surface area (Å²) in [5, 5.41) is 9.84. The second kappa shape index (κ2) is 5.56. The van der Waals surface area contributed by atoms with E-state index in [4.69, 9.17) is 0 Å². The first-order valence-corrected chi connectivity index (χ1v) is 6.05. The second-order valence-electron chi connectivity index (χ2n) is 4.40. The molecule has 1 heterocycles. The van der Waals surface area contributed by atoms with Gasteiger partial charge in [0.1, 0.15) is 5.56 Å². The molecule has 0 fully saturated rings. The number of nitrogens with zero attached hydrogens (tertiary/aromatic N) is 3. The highest BCUT2D eigenvalue weighted by Crippen LogP contribution is 2.06. The Morgan fingerprint density at radius 3 is 2.45 bits per heavy atom.